The van der Waals surface area contributed by atoms with Crippen molar-refractivity contribution < 1.29 is 19.0 Å². The van der Waals surface area contributed by atoms with Crippen LogP contribution in [0.15, 0.2) is 18.2 Å². The Kier molecular flexibility index (Phi) is 8.40. The van der Waals surface area contributed by atoms with Crippen LogP contribution in [0.4, 0.5) is 0 Å². The molecule has 0 bridgehead atoms. The predicted molar refractivity (Wildman–Crippen MR) is 112 cm³/mol. The summed E-state index contributed by atoms with van der Waals surface area (Å²) in [6.07, 6.45) is 2.91. The van der Waals surface area contributed by atoms with E-state index >= 15 is 0 Å². The highest BCUT2D eigenvalue weighted by molar-refractivity contribution is 6.30. The first-order valence-electron chi connectivity index (χ1n) is 9.53. The number of nitrogens with two attached hydrogens (primary N) is 1. The van der Waals surface area contributed by atoms with Crippen LogP contribution < -0.4 is 15.8 Å². The van der Waals surface area contributed by atoms with Gasteiger partial charge in [-0.2, -0.15) is 0 Å². The molecule has 6 nitrogen and oxygen atoms in total. The van der Waals surface area contributed by atoms with Crippen LogP contribution in [0.5, 0.6) is 5.75 Å². The third-order valence-corrected chi connectivity index (χ3v) is 6.33. The Bertz CT molecular complexity index is 660. The first-order chi connectivity index (χ1) is 13.1. The molecule has 3 rings (SSSR count). The van der Waals surface area contributed by atoms with Gasteiger partial charge in [0.05, 0.1) is 12.5 Å². The van der Waals surface area contributed by atoms with Gasteiger partial charge in [0.25, 0.3) is 0 Å². The summed E-state index contributed by atoms with van der Waals surface area (Å²) in [6, 6.07) is 5.66. The number of hydrogen-bond donors (Lipinski definition) is 2. The van der Waals surface area contributed by atoms with Gasteiger partial charge < -0.3 is 25.3 Å². The minimum absolute atomic E-state index is 0. The van der Waals surface area contributed by atoms with E-state index in [4.69, 9.17) is 31.5 Å². The molecule has 2 heterocycles. The zero-order valence-corrected chi connectivity index (χ0v) is 17.9. The van der Waals surface area contributed by atoms with Crippen LogP contribution in [-0.4, -0.2) is 52.5 Å². The summed E-state index contributed by atoms with van der Waals surface area (Å²) in [7, 11) is 1.66. The van der Waals surface area contributed by atoms with Crippen LogP contribution in [0.2, 0.25) is 5.02 Å². The first-order valence-corrected chi connectivity index (χ1v) is 9.91. The summed E-state index contributed by atoms with van der Waals surface area (Å²) in [5.41, 5.74) is 6.20. The van der Waals surface area contributed by atoms with Gasteiger partial charge in [-0.25, -0.2) is 0 Å². The monoisotopic (exact) mass is 432 g/mol. The van der Waals surface area contributed by atoms with Crippen molar-refractivity contribution in [3.8, 4) is 5.75 Å². The van der Waals surface area contributed by atoms with E-state index in [0.29, 0.717) is 57.4 Å². The number of methoxy groups -OCH3 is 1. The minimum Gasteiger partial charge on any atom is -0.496 e. The molecule has 0 spiro atoms. The lowest BCUT2D eigenvalue weighted by molar-refractivity contribution is -0.136. The summed E-state index contributed by atoms with van der Waals surface area (Å²) < 4.78 is 16.6. The van der Waals surface area contributed by atoms with E-state index in [-0.39, 0.29) is 23.7 Å². The van der Waals surface area contributed by atoms with Crippen molar-refractivity contribution in [2.45, 2.75) is 31.1 Å². The van der Waals surface area contributed by atoms with Crippen LogP contribution >= 0.6 is 24.0 Å². The summed E-state index contributed by atoms with van der Waals surface area (Å²) in [5.74, 6) is 0.801. The maximum Gasteiger partial charge on any atom is 0.227 e. The second-order valence-electron chi connectivity index (χ2n) is 7.52. The molecule has 2 aliphatic heterocycles. The summed E-state index contributed by atoms with van der Waals surface area (Å²) in [4.78, 5) is 13.1. The van der Waals surface area contributed by atoms with E-state index in [1.54, 1.807) is 7.11 Å². The minimum atomic E-state index is -0.539. The number of carbonyl (C=O) groups excluding carboxylic acids is 1. The first kappa shape index (κ1) is 23.2. The molecule has 3 N–H and O–H groups in total. The summed E-state index contributed by atoms with van der Waals surface area (Å²) in [5, 5.41) is 3.85. The number of nitrogens with one attached hydrogen (secondary N) is 1. The van der Waals surface area contributed by atoms with Gasteiger partial charge in [0, 0.05) is 55.5 Å². The average molecular weight is 433 g/mol. The predicted octanol–water partition coefficient (Wildman–Crippen LogP) is 2.69. The van der Waals surface area contributed by atoms with Crippen molar-refractivity contribution >= 4 is 29.9 Å². The third kappa shape index (κ3) is 4.74. The molecule has 0 aliphatic carbocycles. The molecule has 0 aromatic heterocycles. The highest BCUT2D eigenvalue weighted by Gasteiger charge is 2.42. The number of hydrogen-bond acceptors (Lipinski definition) is 5. The lowest BCUT2D eigenvalue weighted by Crippen LogP contribution is -2.53. The molecule has 2 saturated heterocycles. The molecule has 158 valence electrons. The summed E-state index contributed by atoms with van der Waals surface area (Å²) >= 11 is 6.28. The molecule has 28 heavy (non-hydrogen) atoms. The molecular weight excluding hydrogens is 403 g/mol. The van der Waals surface area contributed by atoms with E-state index < -0.39 is 5.41 Å². The fourth-order valence-electron chi connectivity index (χ4n) is 4.12. The maximum atomic E-state index is 13.1. The normalized spacial score (nSPS) is 20.7. The smallest absolute Gasteiger partial charge is 0.227 e. The molecule has 2 aliphatic rings. The largest absolute Gasteiger partial charge is 0.496 e. The molecule has 8 heteroatoms. The van der Waals surface area contributed by atoms with Crippen molar-refractivity contribution in [2.75, 3.05) is 46.6 Å². The van der Waals surface area contributed by atoms with Gasteiger partial charge in [-0.15, -0.1) is 12.4 Å². The lowest BCUT2D eigenvalue weighted by Gasteiger charge is -2.40. The zero-order chi connectivity index (χ0) is 19.3. The van der Waals surface area contributed by atoms with Crippen molar-refractivity contribution in [1.82, 2.24) is 5.32 Å². The van der Waals surface area contributed by atoms with Gasteiger partial charge in [0.15, 0.2) is 0 Å². The molecule has 0 unspecified atom stereocenters. The van der Waals surface area contributed by atoms with Crippen molar-refractivity contribution in [1.29, 1.82) is 0 Å². The summed E-state index contributed by atoms with van der Waals surface area (Å²) in [6.45, 7) is 3.27. The standard InChI is InChI=1S/C20H29ClN2O4.ClH/c1-25-17-3-2-15(21)12-16(17)20(6-10-27-11-7-20)14-23-18(24)19(13-22)4-8-26-9-5-19;/h2-3,12H,4-11,13-14,22H2,1H3,(H,23,24);1H. The number of amides is 1. The quantitative estimate of drug-likeness (QED) is 0.721. The highest BCUT2D eigenvalue weighted by Crippen LogP contribution is 2.41. The number of benzene rings is 1. The van der Waals surface area contributed by atoms with E-state index in [9.17, 15) is 4.79 Å². The van der Waals surface area contributed by atoms with Crippen LogP contribution in [-0.2, 0) is 19.7 Å². The second-order valence-corrected chi connectivity index (χ2v) is 7.95. The molecule has 1 aromatic rings. The van der Waals surface area contributed by atoms with Gasteiger partial charge in [0.2, 0.25) is 5.91 Å². The van der Waals surface area contributed by atoms with Gasteiger partial charge in [-0.3, -0.25) is 4.79 Å². The Morgan fingerprint density at radius 3 is 2.36 bits per heavy atom. The molecule has 0 atom stereocenters. The number of rotatable bonds is 6. The number of carbonyl (C=O) groups is 1. The number of halogens is 2. The van der Waals surface area contributed by atoms with Gasteiger partial charge in [-0.1, -0.05) is 11.6 Å². The van der Waals surface area contributed by atoms with Crippen molar-refractivity contribution in [3.05, 3.63) is 28.8 Å². The van der Waals surface area contributed by atoms with Crippen LogP contribution in [0, 0.1) is 5.41 Å². The molecule has 0 saturated carbocycles. The Balaban J connectivity index is 0.00000280. The molecular formula is C20H30Cl2N2O4. The molecule has 1 amide bonds. The van der Waals surface area contributed by atoms with Crippen molar-refractivity contribution in [3.63, 3.8) is 0 Å². The van der Waals surface area contributed by atoms with Crippen LogP contribution in [0.3, 0.4) is 0 Å². The van der Waals surface area contributed by atoms with Gasteiger partial charge >= 0.3 is 0 Å². The van der Waals surface area contributed by atoms with E-state index in [1.807, 2.05) is 18.2 Å². The van der Waals surface area contributed by atoms with Crippen molar-refractivity contribution in [2.24, 2.45) is 11.1 Å². The average Bonchev–Trinajstić information content (AvgIpc) is 2.73. The Hall–Kier alpha value is -1.05. The van der Waals surface area contributed by atoms with E-state index in [2.05, 4.69) is 5.32 Å². The Morgan fingerprint density at radius 1 is 1.18 bits per heavy atom. The maximum absolute atomic E-state index is 13.1. The van der Waals surface area contributed by atoms with Gasteiger partial charge in [0.1, 0.15) is 5.75 Å². The van der Waals surface area contributed by atoms with E-state index in [0.717, 1.165) is 24.2 Å². The zero-order valence-electron chi connectivity index (χ0n) is 16.3. The SMILES string of the molecule is COc1ccc(Cl)cc1C1(CNC(=O)C2(CN)CCOCC2)CCOCC1.Cl. The molecule has 0 radical (unpaired) electrons. The Morgan fingerprint density at radius 2 is 1.79 bits per heavy atom. The van der Waals surface area contributed by atoms with Crippen LogP contribution in [0.1, 0.15) is 31.2 Å². The lowest BCUT2D eigenvalue weighted by atomic mass is 9.73. The van der Waals surface area contributed by atoms with E-state index in [1.165, 1.54) is 0 Å². The number of ether oxygens (including phenoxy) is 3. The topological polar surface area (TPSA) is 82.8 Å². The molecule has 2 fully saturated rings. The highest BCUT2D eigenvalue weighted by atomic mass is 35.5. The second kappa shape index (κ2) is 10.1. The van der Waals surface area contributed by atoms with Gasteiger partial charge in [-0.05, 0) is 43.9 Å². The third-order valence-electron chi connectivity index (χ3n) is 6.09. The fraction of sp³-hybridized carbons (Fsp3) is 0.650. The molecule has 1 aromatic carbocycles. The Labute approximate surface area is 177 Å². The fourth-order valence-corrected chi connectivity index (χ4v) is 4.29. The van der Waals surface area contributed by atoms with Crippen LogP contribution in [0.25, 0.3) is 0 Å².